The molecule has 0 heterocycles. The van der Waals surface area contributed by atoms with Crippen molar-refractivity contribution < 1.29 is 19.1 Å². The first-order chi connectivity index (χ1) is 9.03. The molecule has 0 bridgehead atoms. The third-order valence-electron chi connectivity index (χ3n) is 3.43. The Morgan fingerprint density at radius 1 is 1.26 bits per heavy atom. The van der Waals surface area contributed by atoms with Crippen molar-refractivity contribution in [1.29, 1.82) is 0 Å². The van der Waals surface area contributed by atoms with Crippen molar-refractivity contribution in [2.45, 2.75) is 24.8 Å². The van der Waals surface area contributed by atoms with E-state index in [0.29, 0.717) is 6.42 Å². The van der Waals surface area contributed by atoms with Gasteiger partial charge in [0, 0.05) is 12.8 Å². The molecule has 1 aromatic rings. The van der Waals surface area contributed by atoms with Gasteiger partial charge in [-0.1, -0.05) is 12.1 Å². The first kappa shape index (κ1) is 13.4. The molecule has 1 fully saturated rings. The Labute approximate surface area is 111 Å². The van der Waals surface area contributed by atoms with E-state index in [1.54, 1.807) is 7.11 Å². The highest BCUT2D eigenvalue weighted by Gasteiger charge is 2.62. The fourth-order valence-corrected chi connectivity index (χ4v) is 2.41. The third-order valence-corrected chi connectivity index (χ3v) is 3.43. The van der Waals surface area contributed by atoms with Crippen LogP contribution in [0.15, 0.2) is 24.3 Å². The maximum atomic E-state index is 11.9. The van der Waals surface area contributed by atoms with E-state index < -0.39 is 11.5 Å². The molecule has 1 amide bonds. The van der Waals surface area contributed by atoms with Crippen molar-refractivity contribution in [1.82, 2.24) is 5.32 Å². The molecule has 1 aromatic carbocycles. The molecule has 2 atom stereocenters. The Morgan fingerprint density at radius 2 is 1.89 bits per heavy atom. The molecule has 0 saturated heterocycles. The number of hydrogen-bond acceptors (Lipinski definition) is 4. The van der Waals surface area contributed by atoms with Crippen molar-refractivity contribution in [3.63, 3.8) is 0 Å². The molecule has 5 heteroatoms. The van der Waals surface area contributed by atoms with Gasteiger partial charge in [-0.05, 0) is 24.1 Å². The molecule has 2 rings (SSSR count). The molecular weight excluding hydrogens is 246 g/mol. The summed E-state index contributed by atoms with van der Waals surface area (Å²) in [5.41, 5.74) is 0.0785. The van der Waals surface area contributed by atoms with Crippen molar-refractivity contribution in [2.24, 2.45) is 0 Å². The number of benzene rings is 1. The molecule has 0 spiro atoms. The van der Waals surface area contributed by atoms with Crippen LogP contribution in [-0.4, -0.2) is 31.6 Å². The number of ether oxygens (including phenoxy) is 2. The van der Waals surface area contributed by atoms with Gasteiger partial charge in [0.25, 0.3) is 0 Å². The average Bonchev–Trinajstić information content (AvgIpc) is 3.12. The minimum atomic E-state index is -0.908. The summed E-state index contributed by atoms with van der Waals surface area (Å²) in [5.74, 6) is 0.0762. The molecule has 0 unspecified atom stereocenters. The minimum Gasteiger partial charge on any atom is -0.497 e. The molecule has 1 aliphatic carbocycles. The van der Waals surface area contributed by atoms with E-state index in [1.165, 1.54) is 14.0 Å². The summed E-state index contributed by atoms with van der Waals surface area (Å²) in [6.45, 7) is 1.40. The number of nitrogens with one attached hydrogen (secondary N) is 1. The van der Waals surface area contributed by atoms with Gasteiger partial charge in [0.15, 0.2) is 0 Å². The zero-order valence-corrected chi connectivity index (χ0v) is 11.2. The summed E-state index contributed by atoms with van der Waals surface area (Å²) in [6.07, 6.45) is 0.561. The quantitative estimate of drug-likeness (QED) is 0.830. The number of carbonyl (C=O) groups is 2. The fourth-order valence-electron chi connectivity index (χ4n) is 2.41. The molecule has 1 saturated carbocycles. The average molecular weight is 263 g/mol. The molecule has 1 N–H and O–H groups in total. The van der Waals surface area contributed by atoms with E-state index in [-0.39, 0.29) is 11.8 Å². The summed E-state index contributed by atoms with van der Waals surface area (Å²) < 4.78 is 9.89. The summed E-state index contributed by atoms with van der Waals surface area (Å²) >= 11 is 0. The van der Waals surface area contributed by atoms with Crippen LogP contribution in [0.5, 0.6) is 5.75 Å². The van der Waals surface area contributed by atoms with Gasteiger partial charge >= 0.3 is 5.97 Å². The normalized spacial score (nSPS) is 24.5. The lowest BCUT2D eigenvalue weighted by molar-refractivity contribution is -0.146. The van der Waals surface area contributed by atoms with Crippen LogP contribution < -0.4 is 10.1 Å². The Morgan fingerprint density at radius 3 is 2.37 bits per heavy atom. The molecule has 102 valence electrons. The summed E-state index contributed by atoms with van der Waals surface area (Å²) in [5, 5.41) is 2.71. The van der Waals surface area contributed by atoms with Gasteiger partial charge in [0.05, 0.1) is 14.2 Å². The highest BCUT2D eigenvalue weighted by atomic mass is 16.5. The highest BCUT2D eigenvalue weighted by molar-refractivity contribution is 5.92. The van der Waals surface area contributed by atoms with Gasteiger partial charge in [0.1, 0.15) is 11.3 Å². The maximum Gasteiger partial charge on any atom is 0.332 e. The van der Waals surface area contributed by atoms with Gasteiger partial charge < -0.3 is 14.8 Å². The van der Waals surface area contributed by atoms with Crippen LogP contribution in [0.1, 0.15) is 24.8 Å². The topological polar surface area (TPSA) is 64.6 Å². The zero-order chi connectivity index (χ0) is 14.0. The number of hydrogen-bond donors (Lipinski definition) is 1. The molecule has 19 heavy (non-hydrogen) atoms. The van der Waals surface area contributed by atoms with E-state index in [4.69, 9.17) is 9.47 Å². The Kier molecular flexibility index (Phi) is 3.46. The zero-order valence-electron chi connectivity index (χ0n) is 11.2. The van der Waals surface area contributed by atoms with E-state index in [0.717, 1.165) is 11.3 Å². The lowest BCUT2D eigenvalue weighted by Gasteiger charge is -2.16. The van der Waals surface area contributed by atoms with Crippen LogP contribution in [0.2, 0.25) is 0 Å². The lowest BCUT2D eigenvalue weighted by Crippen LogP contribution is -2.44. The first-order valence-electron chi connectivity index (χ1n) is 6.04. The Bertz CT molecular complexity index is 497. The molecule has 1 aliphatic rings. The Hall–Kier alpha value is -2.04. The van der Waals surface area contributed by atoms with Crippen molar-refractivity contribution in [3.05, 3.63) is 29.8 Å². The minimum absolute atomic E-state index is 0.0465. The fraction of sp³-hybridized carbons (Fsp3) is 0.429. The van der Waals surface area contributed by atoms with Crippen LogP contribution in [0, 0.1) is 0 Å². The number of methoxy groups -OCH3 is 2. The van der Waals surface area contributed by atoms with Crippen molar-refractivity contribution in [2.75, 3.05) is 14.2 Å². The molecule has 5 nitrogen and oxygen atoms in total. The number of carbonyl (C=O) groups excluding carboxylic acids is 2. The number of amides is 1. The summed E-state index contributed by atoms with van der Waals surface area (Å²) in [4.78, 5) is 23.1. The molecule has 0 aliphatic heterocycles. The van der Waals surface area contributed by atoms with E-state index >= 15 is 0 Å². The van der Waals surface area contributed by atoms with Crippen LogP contribution >= 0.6 is 0 Å². The monoisotopic (exact) mass is 263 g/mol. The SMILES string of the molecule is COC(=O)[C@@]1(NC(C)=O)C[C@H]1c1ccc(OC)cc1. The summed E-state index contributed by atoms with van der Waals surface area (Å²) in [7, 11) is 2.93. The van der Waals surface area contributed by atoms with Gasteiger partial charge in [-0.3, -0.25) is 4.79 Å². The molecule has 0 aromatic heterocycles. The lowest BCUT2D eigenvalue weighted by atomic mass is 10.1. The third kappa shape index (κ3) is 2.41. The highest BCUT2D eigenvalue weighted by Crippen LogP contribution is 2.52. The first-order valence-corrected chi connectivity index (χ1v) is 6.04. The van der Waals surface area contributed by atoms with Crippen molar-refractivity contribution in [3.8, 4) is 5.75 Å². The van der Waals surface area contributed by atoms with Crippen molar-refractivity contribution >= 4 is 11.9 Å². The van der Waals surface area contributed by atoms with Gasteiger partial charge in [-0.25, -0.2) is 4.79 Å². The second-order valence-corrected chi connectivity index (χ2v) is 4.67. The predicted octanol–water partition coefficient (Wildman–Crippen LogP) is 1.23. The molecular formula is C14H17NO4. The van der Waals surface area contributed by atoms with Crippen LogP contribution in [0.25, 0.3) is 0 Å². The number of rotatable bonds is 4. The van der Waals surface area contributed by atoms with E-state index in [9.17, 15) is 9.59 Å². The largest absolute Gasteiger partial charge is 0.497 e. The maximum absolute atomic E-state index is 11.9. The standard InChI is InChI=1S/C14H17NO4/c1-9(16)15-14(13(17)19-3)8-12(14)10-4-6-11(18-2)7-5-10/h4-7,12H,8H2,1-3H3,(H,15,16)/t12-,14+/m0/s1. The second kappa shape index (κ2) is 4.91. The van der Waals surface area contributed by atoms with E-state index in [1.807, 2.05) is 24.3 Å². The second-order valence-electron chi connectivity index (χ2n) is 4.67. The molecule has 0 radical (unpaired) electrons. The number of esters is 1. The van der Waals surface area contributed by atoms with Gasteiger partial charge in [-0.15, -0.1) is 0 Å². The Balaban J connectivity index is 2.21. The smallest absolute Gasteiger partial charge is 0.332 e. The van der Waals surface area contributed by atoms with Gasteiger partial charge in [-0.2, -0.15) is 0 Å². The van der Waals surface area contributed by atoms with Gasteiger partial charge in [0.2, 0.25) is 5.91 Å². The van der Waals surface area contributed by atoms with Crippen LogP contribution in [0.3, 0.4) is 0 Å². The predicted molar refractivity (Wildman–Crippen MR) is 68.9 cm³/mol. The van der Waals surface area contributed by atoms with E-state index in [2.05, 4.69) is 5.32 Å². The van der Waals surface area contributed by atoms with Crippen LogP contribution in [0.4, 0.5) is 0 Å². The van der Waals surface area contributed by atoms with Crippen LogP contribution in [-0.2, 0) is 14.3 Å². The summed E-state index contributed by atoms with van der Waals surface area (Å²) in [6, 6.07) is 7.47.